The fourth-order valence-electron chi connectivity index (χ4n) is 2.95. The van der Waals surface area contributed by atoms with Gasteiger partial charge in [0.25, 0.3) is 5.91 Å². The van der Waals surface area contributed by atoms with Crippen molar-refractivity contribution in [1.29, 1.82) is 0 Å². The molecule has 0 unspecified atom stereocenters. The second-order valence-corrected chi connectivity index (χ2v) is 7.56. The van der Waals surface area contributed by atoms with Gasteiger partial charge in [0.15, 0.2) is 0 Å². The highest BCUT2D eigenvalue weighted by Gasteiger charge is 2.22. The number of aryl methyl sites for hydroxylation is 2. The first-order chi connectivity index (χ1) is 12.1. The van der Waals surface area contributed by atoms with Crippen LogP contribution in [0.1, 0.15) is 32.9 Å². The standard InChI is InChI=1S/C19H25N3O2S/c1-4-24-17-7-5-16(6-8-17)19(23)22-11-9-21(10-12-22)13-18-20-14(2)15(3)25-18/h5-8H,4,9-13H2,1-3H3. The Bertz CT molecular complexity index is 699. The molecular formula is C19H25N3O2S. The van der Waals surface area contributed by atoms with Gasteiger partial charge >= 0.3 is 0 Å². The summed E-state index contributed by atoms with van der Waals surface area (Å²) in [4.78, 5) is 22.9. The van der Waals surface area contributed by atoms with Crippen LogP contribution in [-0.2, 0) is 6.54 Å². The molecule has 134 valence electrons. The van der Waals surface area contributed by atoms with Gasteiger partial charge in [-0.25, -0.2) is 4.98 Å². The molecular weight excluding hydrogens is 334 g/mol. The summed E-state index contributed by atoms with van der Waals surface area (Å²) in [5, 5.41) is 1.17. The van der Waals surface area contributed by atoms with E-state index in [-0.39, 0.29) is 5.91 Å². The predicted octanol–water partition coefficient (Wildman–Crippen LogP) is 3.12. The first kappa shape index (κ1) is 17.9. The Morgan fingerprint density at radius 1 is 1.16 bits per heavy atom. The van der Waals surface area contributed by atoms with Crippen LogP contribution in [0.25, 0.3) is 0 Å². The van der Waals surface area contributed by atoms with Crippen LogP contribution in [0.15, 0.2) is 24.3 Å². The van der Waals surface area contributed by atoms with Gasteiger partial charge in [0, 0.05) is 36.6 Å². The topological polar surface area (TPSA) is 45.7 Å². The van der Waals surface area contributed by atoms with E-state index >= 15 is 0 Å². The van der Waals surface area contributed by atoms with Gasteiger partial charge in [0.2, 0.25) is 0 Å². The highest BCUT2D eigenvalue weighted by molar-refractivity contribution is 7.11. The Kier molecular flexibility index (Phi) is 5.71. The maximum absolute atomic E-state index is 12.6. The summed E-state index contributed by atoms with van der Waals surface area (Å²) in [5.41, 5.74) is 1.85. The smallest absolute Gasteiger partial charge is 0.253 e. The third-order valence-corrected chi connectivity index (χ3v) is 5.56. The van der Waals surface area contributed by atoms with Crippen LogP contribution in [-0.4, -0.2) is 53.5 Å². The molecule has 1 aromatic heterocycles. The normalized spacial score (nSPS) is 15.4. The monoisotopic (exact) mass is 359 g/mol. The highest BCUT2D eigenvalue weighted by atomic mass is 32.1. The zero-order valence-electron chi connectivity index (χ0n) is 15.1. The molecule has 25 heavy (non-hydrogen) atoms. The van der Waals surface area contributed by atoms with Gasteiger partial charge in [-0.3, -0.25) is 9.69 Å². The molecule has 1 aliphatic heterocycles. The van der Waals surface area contributed by atoms with Gasteiger partial charge in [-0.1, -0.05) is 0 Å². The number of benzene rings is 1. The molecule has 0 bridgehead atoms. The fourth-order valence-corrected chi connectivity index (χ4v) is 3.93. The molecule has 1 amide bonds. The number of thiazole rings is 1. The van der Waals surface area contributed by atoms with Crippen LogP contribution in [0.5, 0.6) is 5.75 Å². The largest absolute Gasteiger partial charge is 0.494 e. The van der Waals surface area contributed by atoms with Crippen molar-refractivity contribution >= 4 is 17.2 Å². The molecule has 3 rings (SSSR count). The summed E-state index contributed by atoms with van der Waals surface area (Å²) in [5.74, 6) is 0.904. The molecule has 2 heterocycles. The van der Waals surface area contributed by atoms with Crippen molar-refractivity contribution in [3.05, 3.63) is 45.4 Å². The summed E-state index contributed by atoms with van der Waals surface area (Å²) in [6.45, 7) is 10.9. The van der Waals surface area contributed by atoms with Crippen molar-refractivity contribution < 1.29 is 9.53 Å². The number of hydrogen-bond donors (Lipinski definition) is 0. The van der Waals surface area contributed by atoms with Gasteiger partial charge in [-0.15, -0.1) is 11.3 Å². The Balaban J connectivity index is 1.53. The van der Waals surface area contributed by atoms with Crippen LogP contribution in [0.2, 0.25) is 0 Å². The Labute approximate surface area is 153 Å². The first-order valence-electron chi connectivity index (χ1n) is 8.74. The van der Waals surface area contributed by atoms with E-state index in [1.807, 2.05) is 36.1 Å². The van der Waals surface area contributed by atoms with Crippen molar-refractivity contribution in [2.75, 3.05) is 32.8 Å². The van der Waals surface area contributed by atoms with E-state index in [9.17, 15) is 4.79 Å². The van der Waals surface area contributed by atoms with Crippen LogP contribution in [0, 0.1) is 13.8 Å². The van der Waals surface area contributed by atoms with E-state index in [0.29, 0.717) is 6.61 Å². The summed E-state index contributed by atoms with van der Waals surface area (Å²) >= 11 is 1.77. The predicted molar refractivity (Wildman–Crippen MR) is 100 cm³/mol. The molecule has 0 atom stereocenters. The SMILES string of the molecule is CCOc1ccc(C(=O)N2CCN(Cc3nc(C)c(C)s3)CC2)cc1. The summed E-state index contributed by atoms with van der Waals surface area (Å²) < 4.78 is 5.43. The number of carbonyl (C=O) groups excluding carboxylic acids is 1. The molecule has 0 spiro atoms. The van der Waals surface area contributed by atoms with E-state index in [1.165, 1.54) is 9.88 Å². The number of ether oxygens (including phenoxy) is 1. The molecule has 5 nitrogen and oxygen atoms in total. The van der Waals surface area contributed by atoms with E-state index in [0.717, 1.165) is 49.7 Å². The first-order valence-corrected chi connectivity index (χ1v) is 9.56. The van der Waals surface area contributed by atoms with Gasteiger partial charge in [0.1, 0.15) is 10.8 Å². The molecule has 0 N–H and O–H groups in total. The summed E-state index contributed by atoms with van der Waals surface area (Å²) in [7, 11) is 0. The van der Waals surface area contributed by atoms with Crippen LogP contribution in [0.4, 0.5) is 0 Å². The lowest BCUT2D eigenvalue weighted by Crippen LogP contribution is -2.48. The number of aromatic nitrogens is 1. The van der Waals surface area contributed by atoms with Crippen molar-refractivity contribution in [2.24, 2.45) is 0 Å². The van der Waals surface area contributed by atoms with Gasteiger partial charge < -0.3 is 9.64 Å². The van der Waals surface area contributed by atoms with Crippen LogP contribution >= 0.6 is 11.3 Å². The maximum atomic E-state index is 12.6. The third-order valence-electron chi connectivity index (χ3n) is 4.50. The molecule has 1 aliphatic rings. The zero-order valence-corrected chi connectivity index (χ0v) is 15.9. The van der Waals surface area contributed by atoms with Gasteiger partial charge in [-0.05, 0) is 45.0 Å². The Morgan fingerprint density at radius 2 is 1.84 bits per heavy atom. The van der Waals surface area contributed by atoms with Gasteiger partial charge in [-0.2, -0.15) is 0 Å². The van der Waals surface area contributed by atoms with Crippen molar-refractivity contribution in [1.82, 2.24) is 14.8 Å². The minimum Gasteiger partial charge on any atom is -0.494 e. The fraction of sp³-hybridized carbons (Fsp3) is 0.474. The number of nitrogens with zero attached hydrogens (tertiary/aromatic N) is 3. The third kappa shape index (κ3) is 4.38. The average Bonchev–Trinajstić information content (AvgIpc) is 2.93. The molecule has 1 saturated heterocycles. The van der Waals surface area contributed by atoms with Crippen molar-refractivity contribution in [3.63, 3.8) is 0 Å². The minimum absolute atomic E-state index is 0.101. The number of hydrogen-bond acceptors (Lipinski definition) is 5. The zero-order chi connectivity index (χ0) is 17.8. The number of rotatable bonds is 5. The maximum Gasteiger partial charge on any atom is 0.253 e. The van der Waals surface area contributed by atoms with Gasteiger partial charge in [0.05, 0.1) is 18.8 Å². The number of amides is 1. The van der Waals surface area contributed by atoms with E-state index < -0.39 is 0 Å². The van der Waals surface area contributed by atoms with E-state index in [1.54, 1.807) is 11.3 Å². The minimum atomic E-state index is 0.101. The lowest BCUT2D eigenvalue weighted by molar-refractivity contribution is 0.0628. The lowest BCUT2D eigenvalue weighted by atomic mass is 10.1. The quantitative estimate of drug-likeness (QED) is 0.823. The summed E-state index contributed by atoms with van der Waals surface area (Å²) in [6.07, 6.45) is 0. The Morgan fingerprint density at radius 3 is 2.40 bits per heavy atom. The molecule has 0 saturated carbocycles. The highest BCUT2D eigenvalue weighted by Crippen LogP contribution is 2.19. The Hall–Kier alpha value is -1.92. The summed E-state index contributed by atoms with van der Waals surface area (Å²) in [6, 6.07) is 7.42. The molecule has 0 radical (unpaired) electrons. The van der Waals surface area contributed by atoms with Crippen molar-refractivity contribution in [3.8, 4) is 5.75 Å². The van der Waals surface area contributed by atoms with Crippen LogP contribution < -0.4 is 4.74 Å². The van der Waals surface area contributed by atoms with Crippen molar-refractivity contribution in [2.45, 2.75) is 27.3 Å². The molecule has 2 aromatic rings. The average molecular weight is 359 g/mol. The molecule has 6 heteroatoms. The van der Waals surface area contributed by atoms with Crippen LogP contribution in [0.3, 0.4) is 0 Å². The second kappa shape index (κ2) is 7.97. The molecule has 0 aliphatic carbocycles. The number of carbonyl (C=O) groups is 1. The number of piperazine rings is 1. The van der Waals surface area contributed by atoms with E-state index in [2.05, 4.69) is 23.7 Å². The molecule has 1 fully saturated rings. The second-order valence-electron chi connectivity index (χ2n) is 6.27. The molecule has 1 aromatic carbocycles. The lowest BCUT2D eigenvalue weighted by Gasteiger charge is -2.34. The van der Waals surface area contributed by atoms with E-state index in [4.69, 9.17) is 4.74 Å².